The number of para-hydroxylation sites is 1. The third-order valence-corrected chi connectivity index (χ3v) is 3.50. The van der Waals surface area contributed by atoms with Crippen LogP contribution in [-0.2, 0) is 6.42 Å². The van der Waals surface area contributed by atoms with E-state index in [-0.39, 0.29) is 0 Å². The van der Waals surface area contributed by atoms with Crippen LogP contribution >= 0.6 is 12.2 Å². The quantitative estimate of drug-likeness (QED) is 0.808. The first-order valence-corrected chi connectivity index (χ1v) is 6.53. The number of nitrogens with one attached hydrogen (secondary N) is 1. The summed E-state index contributed by atoms with van der Waals surface area (Å²) in [6.07, 6.45) is 0.558. The van der Waals surface area contributed by atoms with E-state index in [1.807, 2.05) is 54.6 Å². The molecule has 0 aromatic heterocycles. The lowest BCUT2D eigenvalue weighted by Crippen LogP contribution is -2.11. The monoisotopic (exact) mass is 267 g/mol. The lowest BCUT2D eigenvalue weighted by atomic mass is 10.1. The number of aliphatic hydroxyl groups excluding tert-OH is 1. The number of rotatable bonds is 2. The molecule has 2 nitrogen and oxygen atoms in total. The normalized spacial score (nSPS) is 13.3. The fraction of sp³-hybridized carbons (Fsp3) is 0.0625. The van der Waals surface area contributed by atoms with Gasteiger partial charge in [-0.25, -0.2) is 0 Å². The zero-order valence-electron chi connectivity index (χ0n) is 10.3. The molecule has 0 atom stereocenters. The second kappa shape index (κ2) is 4.86. The fourth-order valence-electron chi connectivity index (χ4n) is 2.31. The van der Waals surface area contributed by atoms with Gasteiger partial charge < -0.3 is 10.4 Å². The Kier molecular flexibility index (Phi) is 3.05. The van der Waals surface area contributed by atoms with Crippen LogP contribution in [0.2, 0.25) is 0 Å². The second-order valence-electron chi connectivity index (χ2n) is 4.48. The Morgan fingerprint density at radius 2 is 1.68 bits per heavy atom. The van der Waals surface area contributed by atoms with Gasteiger partial charge in [-0.05, 0) is 23.3 Å². The first-order chi connectivity index (χ1) is 9.25. The molecule has 1 aliphatic rings. The van der Waals surface area contributed by atoms with Gasteiger partial charge in [0.25, 0.3) is 0 Å². The van der Waals surface area contributed by atoms with Gasteiger partial charge in [-0.3, -0.25) is 0 Å². The largest absolute Gasteiger partial charge is 0.511 e. The zero-order valence-corrected chi connectivity index (χ0v) is 11.1. The van der Waals surface area contributed by atoms with E-state index in [2.05, 4.69) is 5.32 Å². The van der Waals surface area contributed by atoms with Crippen LogP contribution < -0.4 is 5.32 Å². The maximum atomic E-state index is 10.1. The van der Waals surface area contributed by atoms with E-state index >= 15 is 0 Å². The molecule has 0 saturated heterocycles. The number of allylic oxidation sites excluding steroid dienone is 1. The van der Waals surface area contributed by atoms with Crippen molar-refractivity contribution in [2.45, 2.75) is 6.42 Å². The molecule has 0 aliphatic heterocycles. The van der Waals surface area contributed by atoms with Crippen molar-refractivity contribution in [3.05, 3.63) is 71.5 Å². The highest BCUT2D eigenvalue weighted by molar-refractivity contribution is 7.81. The minimum absolute atomic E-state index is 0.342. The predicted octanol–water partition coefficient (Wildman–Crippen LogP) is 3.95. The van der Waals surface area contributed by atoms with Crippen molar-refractivity contribution in [2.24, 2.45) is 0 Å². The Bertz CT molecular complexity index is 661. The van der Waals surface area contributed by atoms with Crippen molar-refractivity contribution in [3.63, 3.8) is 0 Å². The van der Waals surface area contributed by atoms with E-state index in [0.717, 1.165) is 22.4 Å². The van der Waals surface area contributed by atoms with Crippen molar-refractivity contribution in [1.82, 2.24) is 0 Å². The third kappa shape index (κ3) is 2.25. The van der Waals surface area contributed by atoms with Crippen molar-refractivity contribution in [2.75, 3.05) is 5.32 Å². The van der Waals surface area contributed by atoms with E-state index in [9.17, 15) is 5.11 Å². The van der Waals surface area contributed by atoms with Gasteiger partial charge in [0.1, 0.15) is 10.7 Å². The molecule has 0 amide bonds. The van der Waals surface area contributed by atoms with Crippen LogP contribution in [0.5, 0.6) is 0 Å². The van der Waals surface area contributed by atoms with E-state index in [1.54, 1.807) is 0 Å². The molecule has 2 N–H and O–H groups in total. The summed E-state index contributed by atoms with van der Waals surface area (Å²) >= 11 is 5.42. The number of fused-ring (bicyclic) bond motifs is 1. The molecule has 3 heteroatoms. The van der Waals surface area contributed by atoms with E-state index in [1.165, 1.54) is 0 Å². The first-order valence-electron chi connectivity index (χ1n) is 6.12. The SMILES string of the molecule is OC1=C(C(=S)Nc2ccccc2)c2ccccc2C1. The van der Waals surface area contributed by atoms with Crippen molar-refractivity contribution in [3.8, 4) is 0 Å². The average molecular weight is 267 g/mol. The molecule has 94 valence electrons. The molecule has 3 rings (SSSR count). The Morgan fingerprint density at radius 3 is 2.47 bits per heavy atom. The molecule has 2 aromatic rings. The van der Waals surface area contributed by atoms with E-state index in [0.29, 0.717) is 17.2 Å². The minimum Gasteiger partial charge on any atom is -0.511 e. The molecule has 0 bridgehead atoms. The number of thiocarbonyl (C=S) groups is 1. The number of aliphatic hydroxyl groups is 1. The van der Waals surface area contributed by atoms with Gasteiger partial charge in [-0.2, -0.15) is 0 Å². The van der Waals surface area contributed by atoms with Gasteiger partial charge in [0.05, 0.1) is 5.57 Å². The van der Waals surface area contributed by atoms with Crippen molar-refractivity contribution >= 4 is 28.5 Å². The van der Waals surface area contributed by atoms with E-state index < -0.39 is 0 Å². The molecule has 0 spiro atoms. The van der Waals surface area contributed by atoms with Crippen LogP contribution in [0.25, 0.3) is 5.57 Å². The predicted molar refractivity (Wildman–Crippen MR) is 82.4 cm³/mol. The number of hydrogen-bond donors (Lipinski definition) is 2. The standard InChI is InChI=1S/C16H13NOS/c18-14-10-11-6-4-5-9-13(11)15(14)16(19)17-12-7-2-1-3-8-12/h1-9,18H,10H2,(H,17,19). The molecule has 2 aromatic carbocycles. The summed E-state index contributed by atoms with van der Waals surface area (Å²) in [5, 5.41) is 13.3. The Labute approximate surface area is 117 Å². The lowest BCUT2D eigenvalue weighted by molar-refractivity contribution is 0.406. The molecule has 1 aliphatic carbocycles. The summed E-state index contributed by atoms with van der Waals surface area (Å²) < 4.78 is 0. The van der Waals surface area contributed by atoms with E-state index in [4.69, 9.17) is 12.2 Å². The Morgan fingerprint density at radius 1 is 1.00 bits per heavy atom. The molecule has 0 unspecified atom stereocenters. The smallest absolute Gasteiger partial charge is 0.115 e. The van der Waals surface area contributed by atoms with Gasteiger partial charge in [-0.1, -0.05) is 54.7 Å². The summed E-state index contributed by atoms with van der Waals surface area (Å²) in [5.41, 5.74) is 3.81. The fourth-order valence-corrected chi connectivity index (χ4v) is 2.66. The van der Waals surface area contributed by atoms with Gasteiger partial charge in [0.2, 0.25) is 0 Å². The highest BCUT2D eigenvalue weighted by atomic mass is 32.1. The van der Waals surface area contributed by atoms with Gasteiger partial charge in [0.15, 0.2) is 0 Å². The summed E-state index contributed by atoms with van der Waals surface area (Å²) in [6, 6.07) is 17.7. The number of anilines is 1. The highest BCUT2D eigenvalue weighted by Gasteiger charge is 2.23. The summed E-state index contributed by atoms with van der Waals surface area (Å²) in [5.74, 6) is 0.342. The van der Waals surface area contributed by atoms with Crippen LogP contribution in [0.15, 0.2) is 60.4 Å². The summed E-state index contributed by atoms with van der Waals surface area (Å²) in [4.78, 5) is 0.564. The molecular weight excluding hydrogens is 254 g/mol. The molecule has 0 saturated carbocycles. The van der Waals surface area contributed by atoms with Crippen LogP contribution in [0.1, 0.15) is 11.1 Å². The minimum atomic E-state index is 0.342. The molecule has 0 radical (unpaired) electrons. The maximum Gasteiger partial charge on any atom is 0.115 e. The maximum absolute atomic E-state index is 10.1. The molecule has 0 heterocycles. The Hall–Kier alpha value is -2.13. The lowest BCUT2D eigenvalue weighted by Gasteiger charge is -2.10. The van der Waals surface area contributed by atoms with Crippen LogP contribution in [-0.4, -0.2) is 10.1 Å². The van der Waals surface area contributed by atoms with Gasteiger partial charge >= 0.3 is 0 Å². The second-order valence-corrected chi connectivity index (χ2v) is 4.88. The topological polar surface area (TPSA) is 32.3 Å². The Balaban J connectivity index is 1.90. The highest BCUT2D eigenvalue weighted by Crippen LogP contribution is 2.32. The van der Waals surface area contributed by atoms with Crippen LogP contribution in [0.4, 0.5) is 5.69 Å². The third-order valence-electron chi connectivity index (χ3n) is 3.19. The zero-order chi connectivity index (χ0) is 13.2. The average Bonchev–Trinajstić information content (AvgIpc) is 2.75. The van der Waals surface area contributed by atoms with Crippen LogP contribution in [0, 0.1) is 0 Å². The molecule has 0 fully saturated rings. The van der Waals surface area contributed by atoms with Crippen molar-refractivity contribution < 1.29 is 5.11 Å². The first kappa shape index (κ1) is 11.9. The number of hydrogen-bond acceptors (Lipinski definition) is 2. The summed E-state index contributed by atoms with van der Waals surface area (Å²) in [6.45, 7) is 0. The molecule has 19 heavy (non-hydrogen) atoms. The summed E-state index contributed by atoms with van der Waals surface area (Å²) in [7, 11) is 0. The van der Waals surface area contributed by atoms with Crippen molar-refractivity contribution in [1.29, 1.82) is 0 Å². The van der Waals surface area contributed by atoms with Crippen LogP contribution in [0.3, 0.4) is 0 Å². The molecular formula is C16H13NOS. The number of benzene rings is 2. The van der Waals surface area contributed by atoms with Gasteiger partial charge in [0, 0.05) is 12.1 Å². The van der Waals surface area contributed by atoms with Gasteiger partial charge in [-0.15, -0.1) is 0 Å².